The third-order valence-electron chi connectivity index (χ3n) is 1.23. The van der Waals surface area contributed by atoms with Crippen molar-refractivity contribution in [2.45, 2.75) is 26.0 Å². The van der Waals surface area contributed by atoms with Crippen LogP contribution in [0.15, 0.2) is 12.2 Å². The monoisotopic (exact) mass is 206 g/mol. The van der Waals surface area contributed by atoms with E-state index in [1.165, 1.54) is 0 Å². The molecule has 1 atom stereocenters. The van der Waals surface area contributed by atoms with E-state index in [-0.39, 0.29) is 34.5 Å². The first-order valence-corrected chi connectivity index (χ1v) is 4.59. The van der Waals surface area contributed by atoms with Gasteiger partial charge in [-0.2, -0.15) is 0 Å². The molecule has 2 N–H and O–H groups in total. The van der Waals surface area contributed by atoms with Gasteiger partial charge in [-0.05, 0) is 13.3 Å². The van der Waals surface area contributed by atoms with E-state index in [9.17, 15) is 4.79 Å². The number of rotatable bonds is 3. The molecular weight excluding hydrogens is 187 g/mol. The number of carbonyl (C=O) groups is 1. The summed E-state index contributed by atoms with van der Waals surface area (Å²) in [6, 6.07) is 0. The predicted octanol–water partition coefficient (Wildman–Crippen LogP) is -1.80. The first-order valence-electron chi connectivity index (χ1n) is 3.44. The molecule has 0 aliphatic carbocycles. The Morgan fingerprint density at radius 3 is 2.33 bits per heavy atom. The normalized spacial score (nSPS) is 10.5. The van der Waals surface area contributed by atoms with Crippen LogP contribution in [0.3, 0.4) is 0 Å². The summed E-state index contributed by atoms with van der Waals surface area (Å²) in [5, 5.41) is 0. The van der Waals surface area contributed by atoms with Gasteiger partial charge in [-0.25, -0.2) is 4.79 Å². The molecule has 0 heterocycles. The molecule has 12 heavy (non-hydrogen) atoms. The van der Waals surface area contributed by atoms with Gasteiger partial charge in [0, 0.05) is 5.57 Å². The zero-order chi connectivity index (χ0) is 8.15. The molecule has 0 aliphatic heterocycles. The van der Waals surface area contributed by atoms with Gasteiger partial charge >= 0.3 is 5.97 Å². The van der Waals surface area contributed by atoms with Gasteiger partial charge in [-0.1, -0.05) is 13.5 Å². The largest absolute Gasteiger partial charge is 0.464 e. The van der Waals surface area contributed by atoms with Crippen LogP contribution in [-0.4, -0.2) is 44.8 Å². The Morgan fingerprint density at radius 1 is 1.67 bits per heavy atom. The molecule has 0 aliphatic rings. The number of hydrogen-bond donors (Lipinski definition) is 0. The van der Waals surface area contributed by atoms with Crippen molar-refractivity contribution >= 4 is 33.6 Å². The van der Waals surface area contributed by atoms with E-state index in [0.717, 1.165) is 16.7 Å². The summed E-state index contributed by atoms with van der Waals surface area (Å²) in [7, 11) is 0.899. The fourth-order valence-corrected chi connectivity index (χ4v) is 0.581. The molecule has 3 nitrogen and oxygen atoms in total. The maximum absolute atomic E-state index is 10.8. The molecular formula is C7H19AlO3Si. The zero-order valence-corrected chi connectivity index (χ0v) is 9.31. The van der Waals surface area contributed by atoms with Crippen LogP contribution in [-0.2, 0) is 9.53 Å². The van der Waals surface area contributed by atoms with E-state index in [0.29, 0.717) is 5.57 Å². The second-order valence-electron chi connectivity index (χ2n) is 2.40. The van der Waals surface area contributed by atoms with E-state index < -0.39 is 0 Å². The fourth-order valence-electron chi connectivity index (χ4n) is 0.367. The Bertz CT molecular complexity index is 150. The molecule has 0 aromatic heterocycles. The van der Waals surface area contributed by atoms with E-state index in [1.807, 2.05) is 6.92 Å². The highest BCUT2D eigenvalue weighted by Crippen LogP contribution is 1.97. The summed E-state index contributed by atoms with van der Waals surface area (Å²) in [6.07, 6.45) is 0.908. The third-order valence-corrected chi connectivity index (χ3v) is 2.28. The lowest BCUT2D eigenvalue weighted by molar-refractivity contribution is -0.140. The Labute approximate surface area is 87.0 Å². The van der Waals surface area contributed by atoms with Crippen molar-refractivity contribution < 1.29 is 15.0 Å². The SMILES string of the molecule is C=C(C)C(=O)OC([SiH3])CC.O.[AlH3]. The number of hydrogen-bond acceptors (Lipinski definition) is 2. The maximum atomic E-state index is 10.8. The average Bonchev–Trinajstić information content (AvgIpc) is 1.87. The summed E-state index contributed by atoms with van der Waals surface area (Å²) in [5.41, 5.74) is 0.624. The Balaban J connectivity index is -0.000000405. The lowest BCUT2D eigenvalue weighted by Crippen LogP contribution is -2.17. The summed E-state index contributed by atoms with van der Waals surface area (Å²) in [5.74, 6) is -0.262. The summed E-state index contributed by atoms with van der Waals surface area (Å²) in [6.45, 7) is 7.15. The zero-order valence-electron chi connectivity index (χ0n) is 7.31. The van der Waals surface area contributed by atoms with Crippen LogP contribution in [0, 0.1) is 0 Å². The summed E-state index contributed by atoms with van der Waals surface area (Å²) < 4.78 is 4.98. The minimum Gasteiger partial charge on any atom is -0.464 e. The first kappa shape index (κ1) is 17.9. The first-order chi connectivity index (χ1) is 4.57. The highest BCUT2D eigenvalue weighted by molar-refractivity contribution is 6.12. The van der Waals surface area contributed by atoms with Gasteiger partial charge in [0.1, 0.15) is 0 Å². The Kier molecular flexibility index (Phi) is 13.4. The van der Waals surface area contributed by atoms with Crippen LogP contribution in [0.4, 0.5) is 0 Å². The standard InChI is InChI=1S/C7H14O2Si.Al.H2O.3H/c1-4-6(10)9-7(8)5(2)3;;;;;/h6H,2,4H2,1,3,10H3;;1H2;;;. The average molecular weight is 206 g/mol. The molecule has 0 bridgehead atoms. The highest BCUT2D eigenvalue weighted by atomic mass is 28.1. The van der Waals surface area contributed by atoms with Crippen LogP contribution >= 0.6 is 0 Å². The van der Waals surface area contributed by atoms with Crippen molar-refractivity contribution in [3.8, 4) is 0 Å². The van der Waals surface area contributed by atoms with Gasteiger partial charge in [0.15, 0.2) is 17.4 Å². The maximum Gasteiger partial charge on any atom is 0.333 e. The van der Waals surface area contributed by atoms with Crippen molar-refractivity contribution in [3.63, 3.8) is 0 Å². The van der Waals surface area contributed by atoms with Gasteiger partial charge in [0.05, 0.1) is 16.0 Å². The van der Waals surface area contributed by atoms with E-state index in [1.54, 1.807) is 6.92 Å². The molecule has 0 rings (SSSR count). The molecule has 0 aromatic carbocycles. The molecule has 0 spiro atoms. The highest BCUT2D eigenvalue weighted by Gasteiger charge is 2.06. The Morgan fingerprint density at radius 2 is 2.08 bits per heavy atom. The Hall–Kier alpha value is -0.0806. The summed E-state index contributed by atoms with van der Waals surface area (Å²) in [4.78, 5) is 10.8. The van der Waals surface area contributed by atoms with Gasteiger partial charge in [0.2, 0.25) is 0 Å². The second-order valence-corrected chi connectivity index (χ2v) is 3.69. The van der Waals surface area contributed by atoms with E-state index >= 15 is 0 Å². The third kappa shape index (κ3) is 8.02. The van der Waals surface area contributed by atoms with Crippen molar-refractivity contribution in [1.29, 1.82) is 0 Å². The van der Waals surface area contributed by atoms with Crippen LogP contribution in [0.2, 0.25) is 0 Å². The number of ether oxygens (including phenoxy) is 1. The number of esters is 1. The lowest BCUT2D eigenvalue weighted by Gasteiger charge is -2.09. The molecule has 5 heteroatoms. The van der Waals surface area contributed by atoms with Crippen molar-refractivity contribution in [3.05, 3.63) is 12.2 Å². The van der Waals surface area contributed by atoms with Crippen LogP contribution in [0.1, 0.15) is 20.3 Å². The van der Waals surface area contributed by atoms with Crippen molar-refractivity contribution in [1.82, 2.24) is 0 Å². The summed E-state index contributed by atoms with van der Waals surface area (Å²) >= 11 is 0. The molecule has 72 valence electrons. The van der Waals surface area contributed by atoms with Gasteiger partial charge in [0.25, 0.3) is 0 Å². The molecule has 0 amide bonds. The molecule has 0 saturated carbocycles. The molecule has 0 aromatic rings. The fraction of sp³-hybridized carbons (Fsp3) is 0.571. The van der Waals surface area contributed by atoms with Crippen LogP contribution < -0.4 is 0 Å². The van der Waals surface area contributed by atoms with Crippen LogP contribution in [0.25, 0.3) is 0 Å². The second kappa shape index (κ2) is 9.01. The predicted molar refractivity (Wildman–Crippen MR) is 58.5 cm³/mol. The van der Waals surface area contributed by atoms with Crippen molar-refractivity contribution in [2.24, 2.45) is 0 Å². The minimum absolute atomic E-state index is 0. The van der Waals surface area contributed by atoms with Gasteiger partial charge in [-0.3, -0.25) is 0 Å². The minimum atomic E-state index is -0.262. The van der Waals surface area contributed by atoms with E-state index in [4.69, 9.17) is 4.74 Å². The molecule has 1 unspecified atom stereocenters. The van der Waals surface area contributed by atoms with Gasteiger partial charge in [-0.15, -0.1) is 0 Å². The van der Waals surface area contributed by atoms with Gasteiger partial charge < -0.3 is 10.2 Å². The smallest absolute Gasteiger partial charge is 0.333 e. The molecule has 0 saturated heterocycles. The molecule has 0 radical (unpaired) electrons. The number of carbonyl (C=O) groups excluding carboxylic acids is 1. The topological polar surface area (TPSA) is 57.8 Å². The lowest BCUT2D eigenvalue weighted by atomic mass is 10.4. The quantitative estimate of drug-likeness (QED) is 0.311. The molecule has 0 fully saturated rings. The van der Waals surface area contributed by atoms with Crippen molar-refractivity contribution in [2.75, 3.05) is 0 Å². The van der Waals surface area contributed by atoms with Crippen LogP contribution in [0.5, 0.6) is 0 Å². The van der Waals surface area contributed by atoms with E-state index in [2.05, 4.69) is 6.58 Å².